The summed E-state index contributed by atoms with van der Waals surface area (Å²) in [7, 11) is 0. The summed E-state index contributed by atoms with van der Waals surface area (Å²) in [4.78, 5) is 47.5. The zero-order valence-corrected chi connectivity index (χ0v) is 20.3. The Labute approximate surface area is 190 Å². The number of unbranched alkanes of at least 4 members (excludes halogenated alkanes) is 1. The zero-order chi connectivity index (χ0) is 24.9. The van der Waals surface area contributed by atoms with Crippen molar-refractivity contribution in [1.29, 1.82) is 0 Å². The molecule has 0 aliphatic carbocycles. The van der Waals surface area contributed by atoms with E-state index in [0.717, 1.165) is 0 Å². The lowest BCUT2D eigenvalue weighted by molar-refractivity contribution is -0.152. The van der Waals surface area contributed by atoms with Crippen molar-refractivity contribution in [2.75, 3.05) is 19.8 Å². The van der Waals surface area contributed by atoms with Crippen LogP contribution in [0.1, 0.15) is 67.7 Å². The molecule has 0 bridgehead atoms. The number of ether oxygens (including phenoxy) is 4. The Hall–Kier alpha value is -2.78. The van der Waals surface area contributed by atoms with E-state index in [-0.39, 0.29) is 25.2 Å². The van der Waals surface area contributed by atoms with Crippen LogP contribution in [0.4, 0.5) is 9.59 Å². The molecule has 1 atom stereocenters. The van der Waals surface area contributed by atoms with E-state index in [2.05, 4.69) is 17.2 Å². The van der Waals surface area contributed by atoms with Crippen LogP contribution in [0.15, 0.2) is 12.2 Å². The van der Waals surface area contributed by atoms with Gasteiger partial charge in [0, 0.05) is 12.1 Å². The van der Waals surface area contributed by atoms with Gasteiger partial charge in [-0.15, -0.1) is 0 Å². The highest BCUT2D eigenvalue weighted by molar-refractivity contribution is 5.87. The maximum Gasteiger partial charge on any atom is 0.408 e. The van der Waals surface area contributed by atoms with Gasteiger partial charge < -0.3 is 29.6 Å². The molecule has 0 aliphatic heterocycles. The van der Waals surface area contributed by atoms with Crippen molar-refractivity contribution in [3.05, 3.63) is 12.2 Å². The fourth-order valence-electron chi connectivity index (χ4n) is 2.18. The summed E-state index contributed by atoms with van der Waals surface area (Å²) in [5.41, 5.74) is -1.08. The molecule has 10 heteroatoms. The van der Waals surface area contributed by atoms with Crippen LogP contribution in [0.3, 0.4) is 0 Å². The monoisotopic (exact) mass is 458 g/mol. The number of rotatable bonds is 11. The van der Waals surface area contributed by atoms with Gasteiger partial charge in [0.2, 0.25) is 0 Å². The van der Waals surface area contributed by atoms with E-state index in [1.54, 1.807) is 41.5 Å². The number of esters is 2. The van der Waals surface area contributed by atoms with Gasteiger partial charge in [-0.1, -0.05) is 6.58 Å². The first-order valence-corrected chi connectivity index (χ1v) is 10.6. The van der Waals surface area contributed by atoms with E-state index in [9.17, 15) is 19.2 Å². The minimum Gasteiger partial charge on any atom is -0.461 e. The smallest absolute Gasteiger partial charge is 0.408 e. The van der Waals surface area contributed by atoms with Crippen molar-refractivity contribution in [1.82, 2.24) is 10.6 Å². The second-order valence-corrected chi connectivity index (χ2v) is 9.21. The first-order valence-electron chi connectivity index (χ1n) is 10.6. The zero-order valence-electron chi connectivity index (χ0n) is 20.3. The van der Waals surface area contributed by atoms with Crippen molar-refractivity contribution in [2.24, 2.45) is 0 Å². The molecular weight excluding hydrogens is 420 g/mol. The van der Waals surface area contributed by atoms with Gasteiger partial charge in [-0.2, -0.15) is 0 Å². The molecule has 0 spiro atoms. The van der Waals surface area contributed by atoms with Gasteiger partial charge in [0.25, 0.3) is 0 Å². The molecule has 0 aromatic heterocycles. The van der Waals surface area contributed by atoms with Crippen LogP contribution in [0.5, 0.6) is 0 Å². The third kappa shape index (κ3) is 16.0. The Kier molecular flexibility index (Phi) is 12.4. The lowest BCUT2D eigenvalue weighted by Crippen LogP contribution is -2.44. The van der Waals surface area contributed by atoms with Crippen molar-refractivity contribution in [3.63, 3.8) is 0 Å². The van der Waals surface area contributed by atoms with Crippen molar-refractivity contribution >= 4 is 24.1 Å². The van der Waals surface area contributed by atoms with Crippen LogP contribution in [0.2, 0.25) is 0 Å². The predicted molar refractivity (Wildman–Crippen MR) is 118 cm³/mol. The summed E-state index contributed by atoms with van der Waals surface area (Å²) in [6.07, 6.45) is 0.0508. The molecule has 2 amide bonds. The number of hydrogen-bond donors (Lipinski definition) is 2. The second-order valence-electron chi connectivity index (χ2n) is 9.21. The van der Waals surface area contributed by atoms with E-state index in [4.69, 9.17) is 18.9 Å². The minimum atomic E-state index is -0.955. The maximum atomic E-state index is 12.4. The average Bonchev–Trinajstić information content (AvgIpc) is 2.60. The molecule has 0 aliphatic rings. The molecule has 0 rings (SSSR count). The molecule has 0 radical (unpaired) electrons. The number of carbonyl (C=O) groups is 4. The summed E-state index contributed by atoms with van der Waals surface area (Å²) in [5.74, 6) is -1.26. The lowest BCUT2D eigenvalue weighted by atomic mass is 10.1. The van der Waals surface area contributed by atoms with Gasteiger partial charge in [0.1, 0.15) is 30.5 Å². The molecule has 2 N–H and O–H groups in total. The first kappa shape index (κ1) is 29.2. The van der Waals surface area contributed by atoms with Crippen LogP contribution in [-0.4, -0.2) is 61.1 Å². The highest BCUT2D eigenvalue weighted by Gasteiger charge is 2.25. The van der Waals surface area contributed by atoms with Gasteiger partial charge in [0.15, 0.2) is 0 Å². The van der Waals surface area contributed by atoms with Gasteiger partial charge >= 0.3 is 24.1 Å². The number of hydrogen-bond acceptors (Lipinski definition) is 8. The molecule has 10 nitrogen and oxygen atoms in total. The quantitative estimate of drug-likeness (QED) is 0.209. The van der Waals surface area contributed by atoms with Crippen molar-refractivity contribution in [2.45, 2.75) is 85.0 Å². The Balaban J connectivity index is 4.61. The van der Waals surface area contributed by atoms with Gasteiger partial charge in [-0.05, 0) is 67.7 Å². The summed E-state index contributed by atoms with van der Waals surface area (Å²) in [6, 6.07) is -0.955. The number of alkyl carbamates (subject to hydrolysis) is 2. The van der Waals surface area contributed by atoms with Crippen LogP contribution in [-0.2, 0) is 28.5 Å². The fraction of sp³-hybridized carbons (Fsp3) is 0.727. The second kappa shape index (κ2) is 13.6. The topological polar surface area (TPSA) is 129 Å². The molecule has 184 valence electrons. The van der Waals surface area contributed by atoms with E-state index in [1.165, 1.54) is 6.92 Å². The summed E-state index contributed by atoms with van der Waals surface area (Å²) >= 11 is 0. The van der Waals surface area contributed by atoms with Crippen LogP contribution in [0.25, 0.3) is 0 Å². The molecule has 32 heavy (non-hydrogen) atoms. The van der Waals surface area contributed by atoms with E-state index in [1.807, 2.05) is 0 Å². The molecule has 0 saturated heterocycles. The maximum absolute atomic E-state index is 12.4. The molecule has 0 aromatic rings. The predicted octanol–water partition coefficient (Wildman–Crippen LogP) is 3.24. The fourth-order valence-corrected chi connectivity index (χ4v) is 2.18. The SMILES string of the molecule is C=C(C)C(=O)OCCOC(=O)C(CCCCNC(=O)OC(C)(C)C)NC(=O)OC(C)(C)C. The molecular formula is C22H38N2O8. The highest BCUT2D eigenvalue weighted by atomic mass is 16.6. The number of amides is 2. The van der Waals surface area contributed by atoms with Crippen LogP contribution in [0, 0.1) is 0 Å². The number of nitrogens with one attached hydrogen (secondary N) is 2. The standard InChI is InChI=1S/C22H38N2O8/c1-15(2)17(25)29-13-14-30-18(26)16(24-20(28)32-22(6,7)8)11-9-10-12-23-19(27)31-21(3,4)5/h16H,1,9-14H2,2-8H3,(H,23,27)(H,24,28). The van der Waals surface area contributed by atoms with E-state index < -0.39 is 41.4 Å². The molecule has 0 aromatic carbocycles. The molecule has 0 fully saturated rings. The third-order valence-electron chi connectivity index (χ3n) is 3.47. The summed E-state index contributed by atoms with van der Waals surface area (Å²) < 4.78 is 20.3. The van der Waals surface area contributed by atoms with Gasteiger partial charge in [-0.25, -0.2) is 19.2 Å². The van der Waals surface area contributed by atoms with E-state index >= 15 is 0 Å². The Bertz CT molecular complexity index is 662. The number of carbonyl (C=O) groups excluding carboxylic acids is 4. The Morgan fingerprint density at radius 2 is 1.38 bits per heavy atom. The highest BCUT2D eigenvalue weighted by Crippen LogP contribution is 2.10. The van der Waals surface area contributed by atoms with Gasteiger partial charge in [-0.3, -0.25) is 0 Å². The van der Waals surface area contributed by atoms with Crippen molar-refractivity contribution < 1.29 is 38.1 Å². The van der Waals surface area contributed by atoms with Crippen molar-refractivity contribution in [3.8, 4) is 0 Å². The summed E-state index contributed by atoms with van der Waals surface area (Å²) in [6.45, 7) is 15.4. The Morgan fingerprint density at radius 3 is 1.91 bits per heavy atom. The lowest BCUT2D eigenvalue weighted by Gasteiger charge is -2.23. The summed E-state index contributed by atoms with van der Waals surface area (Å²) in [5, 5.41) is 5.13. The molecule has 1 unspecified atom stereocenters. The Morgan fingerprint density at radius 1 is 0.844 bits per heavy atom. The van der Waals surface area contributed by atoms with Gasteiger partial charge in [0.05, 0.1) is 0 Å². The average molecular weight is 459 g/mol. The van der Waals surface area contributed by atoms with Crippen LogP contribution < -0.4 is 10.6 Å². The largest absolute Gasteiger partial charge is 0.461 e. The van der Waals surface area contributed by atoms with E-state index in [0.29, 0.717) is 19.4 Å². The normalized spacial score (nSPS) is 12.2. The minimum absolute atomic E-state index is 0.129. The first-order chi connectivity index (χ1) is 14.6. The third-order valence-corrected chi connectivity index (χ3v) is 3.47. The molecule has 0 saturated carbocycles. The van der Waals surface area contributed by atoms with Crippen LogP contribution >= 0.6 is 0 Å². The molecule has 0 heterocycles.